The van der Waals surface area contributed by atoms with E-state index in [0.717, 1.165) is 41.9 Å². The lowest BCUT2D eigenvalue weighted by Gasteiger charge is -2.25. The fourth-order valence-electron chi connectivity index (χ4n) is 2.96. The van der Waals surface area contributed by atoms with E-state index in [9.17, 15) is 4.79 Å². The summed E-state index contributed by atoms with van der Waals surface area (Å²) in [5.74, 6) is 0.517. The molecule has 21 heavy (non-hydrogen) atoms. The third-order valence-corrected chi connectivity index (χ3v) is 4.33. The number of nitrogens with zero attached hydrogens (tertiary/aromatic N) is 2. The zero-order valence-electron chi connectivity index (χ0n) is 12.1. The Kier molecular flexibility index (Phi) is 3.72. The summed E-state index contributed by atoms with van der Waals surface area (Å²) in [7, 11) is 1.42. The van der Waals surface area contributed by atoms with Crippen LogP contribution in [0, 0.1) is 6.92 Å². The van der Waals surface area contributed by atoms with Crippen molar-refractivity contribution >= 4 is 17.6 Å². The number of imidazole rings is 1. The number of aromatic nitrogens is 2. The number of halogens is 1. The summed E-state index contributed by atoms with van der Waals surface area (Å²) in [5.41, 5.74) is 3.04. The zero-order chi connectivity index (χ0) is 15.0. The Labute approximate surface area is 128 Å². The van der Waals surface area contributed by atoms with Crippen LogP contribution >= 0.6 is 11.6 Å². The number of benzene rings is 1. The molecule has 1 aliphatic heterocycles. The normalized spacial score (nSPS) is 17.4. The summed E-state index contributed by atoms with van der Waals surface area (Å²) in [4.78, 5) is 16.6. The molecule has 1 aliphatic rings. The molecule has 1 atom stereocenters. The first-order valence-corrected chi connectivity index (χ1v) is 7.41. The van der Waals surface area contributed by atoms with E-state index in [4.69, 9.17) is 16.3 Å². The Morgan fingerprint density at radius 3 is 2.90 bits per heavy atom. The third kappa shape index (κ3) is 2.33. The average molecular weight is 305 g/mol. The van der Waals surface area contributed by atoms with Crippen molar-refractivity contribution in [2.75, 3.05) is 7.11 Å². The van der Waals surface area contributed by atoms with Crippen LogP contribution in [0.25, 0.3) is 11.4 Å². The van der Waals surface area contributed by atoms with E-state index in [1.165, 1.54) is 7.11 Å². The highest BCUT2D eigenvalue weighted by Gasteiger charge is 2.32. The number of carbonyl (C=O) groups is 1. The predicted molar refractivity (Wildman–Crippen MR) is 81.4 cm³/mol. The van der Waals surface area contributed by atoms with E-state index in [1.54, 1.807) is 0 Å². The summed E-state index contributed by atoms with van der Waals surface area (Å²) in [6.45, 7) is 2.03. The molecular formula is C16H17ClN2O2. The van der Waals surface area contributed by atoms with Gasteiger partial charge in [-0.2, -0.15) is 0 Å². The minimum absolute atomic E-state index is 0.236. The quantitative estimate of drug-likeness (QED) is 0.797. The van der Waals surface area contributed by atoms with Gasteiger partial charge in [-0.15, -0.1) is 0 Å². The summed E-state index contributed by atoms with van der Waals surface area (Å²) >= 11 is 6.29. The van der Waals surface area contributed by atoms with Crippen molar-refractivity contribution in [1.82, 2.24) is 9.55 Å². The van der Waals surface area contributed by atoms with Gasteiger partial charge in [-0.3, -0.25) is 0 Å². The van der Waals surface area contributed by atoms with Gasteiger partial charge in [0.15, 0.2) is 5.15 Å². The summed E-state index contributed by atoms with van der Waals surface area (Å²) in [5, 5.41) is 0.488. The van der Waals surface area contributed by atoms with Gasteiger partial charge in [0.05, 0.1) is 12.8 Å². The summed E-state index contributed by atoms with van der Waals surface area (Å²) in [6.07, 6.45) is 2.51. The molecule has 2 heterocycles. The van der Waals surface area contributed by atoms with Crippen LogP contribution in [0.1, 0.15) is 30.1 Å². The van der Waals surface area contributed by atoms with Crippen LogP contribution in [0.5, 0.6) is 0 Å². The second-order valence-electron chi connectivity index (χ2n) is 5.29. The van der Waals surface area contributed by atoms with E-state index >= 15 is 0 Å². The molecule has 5 heteroatoms. The number of carbonyl (C=O) groups excluding carboxylic acids is 1. The van der Waals surface area contributed by atoms with E-state index in [2.05, 4.69) is 4.98 Å². The topological polar surface area (TPSA) is 44.1 Å². The van der Waals surface area contributed by atoms with Crippen molar-refractivity contribution in [3.63, 3.8) is 0 Å². The molecule has 0 bridgehead atoms. The van der Waals surface area contributed by atoms with E-state index in [0.29, 0.717) is 5.15 Å². The van der Waals surface area contributed by atoms with Crippen LogP contribution in [0.2, 0.25) is 5.15 Å². The predicted octanol–water partition coefficient (Wildman–Crippen LogP) is 3.56. The van der Waals surface area contributed by atoms with Crippen LogP contribution in [-0.2, 0) is 16.0 Å². The standard InChI is InChI=1S/C16H17ClN2O2/c1-10-6-3-4-7-11(10)15-18-14(17)12-8-5-9-13(19(12)15)16(20)21-2/h3-4,6-7,13H,5,8-9H2,1-2H3. The van der Waals surface area contributed by atoms with Gasteiger partial charge in [-0.1, -0.05) is 35.9 Å². The highest BCUT2D eigenvalue weighted by molar-refractivity contribution is 6.30. The number of rotatable bonds is 2. The van der Waals surface area contributed by atoms with Gasteiger partial charge in [-0.05, 0) is 31.7 Å². The molecule has 1 aromatic carbocycles. The van der Waals surface area contributed by atoms with Gasteiger partial charge in [0, 0.05) is 5.56 Å². The molecule has 4 nitrogen and oxygen atoms in total. The molecule has 0 aliphatic carbocycles. The monoisotopic (exact) mass is 304 g/mol. The molecular weight excluding hydrogens is 288 g/mol. The van der Waals surface area contributed by atoms with Crippen LogP contribution < -0.4 is 0 Å². The van der Waals surface area contributed by atoms with Gasteiger partial charge in [-0.25, -0.2) is 9.78 Å². The zero-order valence-corrected chi connectivity index (χ0v) is 12.9. The number of aryl methyl sites for hydroxylation is 1. The molecule has 0 amide bonds. The van der Waals surface area contributed by atoms with Crippen LogP contribution in [0.4, 0.5) is 0 Å². The number of methoxy groups -OCH3 is 1. The van der Waals surface area contributed by atoms with Crippen molar-refractivity contribution in [1.29, 1.82) is 0 Å². The largest absolute Gasteiger partial charge is 0.467 e. The lowest BCUT2D eigenvalue weighted by molar-refractivity contribution is -0.145. The molecule has 3 rings (SSSR count). The average Bonchev–Trinajstić information content (AvgIpc) is 2.84. The highest BCUT2D eigenvalue weighted by atomic mass is 35.5. The fraction of sp³-hybridized carbons (Fsp3) is 0.375. The van der Waals surface area contributed by atoms with Gasteiger partial charge in [0.1, 0.15) is 11.9 Å². The molecule has 0 fully saturated rings. The second-order valence-corrected chi connectivity index (χ2v) is 5.65. The van der Waals surface area contributed by atoms with Crippen molar-refractivity contribution in [3.8, 4) is 11.4 Å². The third-order valence-electron chi connectivity index (χ3n) is 4.02. The fourth-order valence-corrected chi connectivity index (χ4v) is 3.23. The number of ether oxygens (including phenoxy) is 1. The Morgan fingerprint density at radius 1 is 1.43 bits per heavy atom. The van der Waals surface area contributed by atoms with Crippen LogP contribution in [0.3, 0.4) is 0 Å². The molecule has 2 aromatic rings. The second kappa shape index (κ2) is 5.53. The first-order valence-electron chi connectivity index (χ1n) is 7.04. The number of esters is 1. The maximum atomic E-state index is 12.1. The minimum atomic E-state index is -0.339. The Morgan fingerprint density at radius 2 is 2.19 bits per heavy atom. The molecule has 110 valence electrons. The summed E-state index contributed by atoms with van der Waals surface area (Å²) in [6, 6.07) is 7.64. The van der Waals surface area contributed by atoms with Crippen LogP contribution in [-0.4, -0.2) is 22.6 Å². The Hall–Kier alpha value is -1.81. The van der Waals surface area contributed by atoms with E-state index in [1.807, 2.05) is 35.8 Å². The minimum Gasteiger partial charge on any atom is -0.467 e. The summed E-state index contributed by atoms with van der Waals surface area (Å²) < 4.78 is 6.90. The van der Waals surface area contributed by atoms with Crippen molar-refractivity contribution < 1.29 is 9.53 Å². The lowest BCUT2D eigenvalue weighted by Crippen LogP contribution is -2.26. The Bertz CT molecular complexity index is 694. The molecule has 0 saturated carbocycles. The van der Waals surface area contributed by atoms with Crippen molar-refractivity contribution in [3.05, 3.63) is 40.7 Å². The maximum absolute atomic E-state index is 12.1. The van der Waals surface area contributed by atoms with Crippen molar-refractivity contribution in [2.24, 2.45) is 0 Å². The van der Waals surface area contributed by atoms with Gasteiger partial charge >= 0.3 is 5.97 Å². The van der Waals surface area contributed by atoms with Gasteiger partial charge < -0.3 is 9.30 Å². The molecule has 0 radical (unpaired) electrons. The SMILES string of the molecule is COC(=O)C1CCCc2c(Cl)nc(-c3ccccc3C)n21. The molecule has 0 spiro atoms. The van der Waals surface area contributed by atoms with Crippen LogP contribution in [0.15, 0.2) is 24.3 Å². The maximum Gasteiger partial charge on any atom is 0.328 e. The highest BCUT2D eigenvalue weighted by Crippen LogP contribution is 2.36. The molecule has 1 aromatic heterocycles. The molecule has 0 saturated heterocycles. The van der Waals surface area contributed by atoms with Gasteiger partial charge in [0.25, 0.3) is 0 Å². The first-order chi connectivity index (χ1) is 10.1. The van der Waals surface area contributed by atoms with E-state index < -0.39 is 0 Å². The lowest BCUT2D eigenvalue weighted by atomic mass is 10.0. The van der Waals surface area contributed by atoms with Crippen molar-refractivity contribution in [2.45, 2.75) is 32.2 Å². The van der Waals surface area contributed by atoms with E-state index in [-0.39, 0.29) is 12.0 Å². The first kappa shape index (κ1) is 14.1. The smallest absolute Gasteiger partial charge is 0.328 e. The number of hydrogen-bond acceptors (Lipinski definition) is 3. The number of fused-ring (bicyclic) bond motifs is 1. The van der Waals surface area contributed by atoms with Gasteiger partial charge in [0.2, 0.25) is 0 Å². The molecule has 0 N–H and O–H groups in total. The molecule has 1 unspecified atom stereocenters. The number of hydrogen-bond donors (Lipinski definition) is 0. The Balaban J connectivity index is 2.20.